The predicted molar refractivity (Wildman–Crippen MR) is 71.9 cm³/mol. The number of sulfonamides is 1. The third-order valence-corrected chi connectivity index (χ3v) is 6.35. The van der Waals surface area contributed by atoms with Crippen LogP contribution in [0.1, 0.15) is 12.8 Å². The fourth-order valence-corrected chi connectivity index (χ4v) is 4.86. The van der Waals surface area contributed by atoms with Crippen LogP contribution >= 0.6 is 22.9 Å². The van der Waals surface area contributed by atoms with Gasteiger partial charge in [-0.15, -0.1) is 0 Å². The average Bonchev–Trinajstić information content (AvgIpc) is 2.84. The number of ether oxygens (including phenoxy) is 1. The Bertz CT molecular complexity index is 511. The third kappa shape index (κ3) is 3.65. The van der Waals surface area contributed by atoms with E-state index in [0.29, 0.717) is 32.5 Å². The molecule has 0 spiro atoms. The molecule has 2 rings (SSSR count). The van der Waals surface area contributed by atoms with Gasteiger partial charge in [-0.1, -0.05) is 22.9 Å². The number of rotatable bonds is 5. The van der Waals surface area contributed by atoms with E-state index in [9.17, 15) is 8.42 Å². The Kier molecular flexibility index (Phi) is 5.15. The van der Waals surface area contributed by atoms with Crippen LogP contribution in [0.3, 0.4) is 0 Å². The van der Waals surface area contributed by atoms with Crippen LogP contribution < -0.4 is 0 Å². The average molecular weight is 327 g/mol. The second kappa shape index (κ2) is 6.47. The Hall–Kier alpha value is -0.250. The van der Waals surface area contributed by atoms with E-state index in [-0.39, 0.29) is 21.4 Å². The van der Waals surface area contributed by atoms with Crippen LogP contribution in [-0.4, -0.2) is 55.2 Å². The molecule has 2 heterocycles. The van der Waals surface area contributed by atoms with Crippen molar-refractivity contribution in [1.29, 1.82) is 0 Å². The lowest BCUT2D eigenvalue weighted by Crippen LogP contribution is -2.40. The van der Waals surface area contributed by atoms with E-state index in [4.69, 9.17) is 21.4 Å². The lowest BCUT2D eigenvalue weighted by atomic mass is 10.1. The molecular formula is C10H15ClN2O4S2. The Morgan fingerprint density at radius 1 is 1.53 bits per heavy atom. The zero-order valence-electron chi connectivity index (χ0n) is 10.2. The van der Waals surface area contributed by atoms with E-state index in [1.165, 1.54) is 10.5 Å². The van der Waals surface area contributed by atoms with Crippen LogP contribution in [-0.2, 0) is 14.8 Å². The molecule has 6 nitrogen and oxygen atoms in total. The normalized spacial score (nSPS) is 18.8. The number of aromatic nitrogens is 1. The molecule has 0 amide bonds. The molecule has 19 heavy (non-hydrogen) atoms. The monoisotopic (exact) mass is 326 g/mol. The number of hydrogen-bond donors (Lipinski definition) is 1. The van der Waals surface area contributed by atoms with E-state index in [2.05, 4.69) is 4.98 Å². The molecule has 0 radical (unpaired) electrons. The maximum Gasteiger partial charge on any atom is 0.254 e. The summed E-state index contributed by atoms with van der Waals surface area (Å²) in [6.07, 6.45) is 2.57. The fourth-order valence-electron chi connectivity index (χ4n) is 1.94. The van der Waals surface area contributed by atoms with Crippen molar-refractivity contribution in [2.45, 2.75) is 23.2 Å². The summed E-state index contributed by atoms with van der Waals surface area (Å²) in [5, 5.41) is 8.68. The number of hydrogen-bond acceptors (Lipinski definition) is 6. The van der Waals surface area contributed by atoms with Crippen molar-refractivity contribution >= 4 is 33.0 Å². The highest BCUT2D eigenvalue weighted by molar-refractivity contribution is 7.91. The second-order valence-corrected chi connectivity index (χ2v) is 7.91. The molecule has 9 heteroatoms. The minimum atomic E-state index is -3.49. The maximum atomic E-state index is 12.3. The molecule has 108 valence electrons. The molecule has 1 aliphatic heterocycles. The first-order valence-corrected chi connectivity index (χ1v) is 8.51. The van der Waals surface area contributed by atoms with Crippen molar-refractivity contribution in [3.8, 4) is 0 Å². The third-order valence-electron chi connectivity index (χ3n) is 2.90. The number of aliphatic hydroxyl groups is 1. The van der Waals surface area contributed by atoms with Crippen molar-refractivity contribution in [2.24, 2.45) is 0 Å². The van der Waals surface area contributed by atoms with Crippen LogP contribution in [0, 0.1) is 0 Å². The van der Waals surface area contributed by atoms with E-state index in [1.807, 2.05) is 0 Å². The maximum absolute atomic E-state index is 12.3. The number of halogens is 1. The molecule has 1 fully saturated rings. The molecular weight excluding hydrogens is 312 g/mol. The summed E-state index contributed by atoms with van der Waals surface area (Å²) in [6, 6.07) is 0. The van der Waals surface area contributed by atoms with Gasteiger partial charge in [-0.2, -0.15) is 4.31 Å². The molecule has 1 aliphatic rings. The van der Waals surface area contributed by atoms with Gasteiger partial charge in [0.15, 0.2) is 8.68 Å². The van der Waals surface area contributed by atoms with Crippen molar-refractivity contribution in [1.82, 2.24) is 9.29 Å². The van der Waals surface area contributed by atoms with E-state index in [1.54, 1.807) is 0 Å². The first-order valence-electron chi connectivity index (χ1n) is 5.88. The summed E-state index contributed by atoms with van der Waals surface area (Å²) in [5.41, 5.74) is 0. The van der Waals surface area contributed by atoms with Crippen LogP contribution in [0.4, 0.5) is 0 Å². The van der Waals surface area contributed by atoms with Gasteiger partial charge in [-0.05, 0) is 12.8 Å². The second-order valence-electron chi connectivity index (χ2n) is 4.13. The summed E-state index contributed by atoms with van der Waals surface area (Å²) in [4.78, 5) is 3.76. The quantitative estimate of drug-likeness (QED) is 0.871. The highest BCUT2D eigenvalue weighted by Crippen LogP contribution is 2.27. The first-order chi connectivity index (χ1) is 9.04. The van der Waals surface area contributed by atoms with Crippen molar-refractivity contribution in [3.05, 3.63) is 10.7 Å². The van der Waals surface area contributed by atoms with Gasteiger partial charge in [-0.25, -0.2) is 13.4 Å². The van der Waals surface area contributed by atoms with Gasteiger partial charge in [-0.3, -0.25) is 0 Å². The van der Waals surface area contributed by atoms with Crippen LogP contribution in [0.15, 0.2) is 10.4 Å². The van der Waals surface area contributed by atoms with Crippen LogP contribution in [0.25, 0.3) is 0 Å². The van der Waals surface area contributed by atoms with E-state index >= 15 is 0 Å². The molecule has 0 saturated carbocycles. The van der Waals surface area contributed by atoms with Crippen molar-refractivity contribution < 1.29 is 18.3 Å². The molecule has 0 bridgehead atoms. The van der Waals surface area contributed by atoms with Gasteiger partial charge in [0.1, 0.15) is 0 Å². The summed E-state index contributed by atoms with van der Waals surface area (Å²) in [7, 11) is -3.49. The van der Waals surface area contributed by atoms with Crippen molar-refractivity contribution in [3.63, 3.8) is 0 Å². The van der Waals surface area contributed by atoms with Gasteiger partial charge in [0, 0.05) is 13.1 Å². The smallest absolute Gasteiger partial charge is 0.254 e. The standard InChI is InChI=1S/C10H15ClN2O4S2/c11-10-12-7-9(18-10)19(15,16)13-3-1-8(2-4-13)17-6-5-14/h7-8,14H,1-6H2. The molecule has 1 aromatic rings. The van der Waals surface area contributed by atoms with E-state index in [0.717, 1.165) is 11.3 Å². The van der Waals surface area contributed by atoms with Gasteiger partial charge < -0.3 is 9.84 Å². The number of aliphatic hydroxyl groups excluding tert-OH is 1. The largest absolute Gasteiger partial charge is 0.394 e. The Labute approximate surface area is 121 Å². The summed E-state index contributed by atoms with van der Waals surface area (Å²) in [5.74, 6) is 0. The van der Waals surface area contributed by atoms with Crippen molar-refractivity contribution in [2.75, 3.05) is 26.3 Å². The van der Waals surface area contributed by atoms with Gasteiger partial charge >= 0.3 is 0 Å². The zero-order valence-corrected chi connectivity index (χ0v) is 12.5. The van der Waals surface area contributed by atoms with Gasteiger partial charge in [0.25, 0.3) is 10.0 Å². The highest BCUT2D eigenvalue weighted by Gasteiger charge is 2.31. The Balaban J connectivity index is 1.97. The summed E-state index contributed by atoms with van der Waals surface area (Å²) >= 11 is 6.63. The summed E-state index contributed by atoms with van der Waals surface area (Å²) in [6.45, 7) is 1.10. The Morgan fingerprint density at radius 2 is 2.21 bits per heavy atom. The lowest BCUT2D eigenvalue weighted by molar-refractivity contribution is 0.00320. The number of nitrogens with zero attached hydrogens (tertiary/aromatic N) is 2. The van der Waals surface area contributed by atoms with Gasteiger partial charge in [0.2, 0.25) is 0 Å². The number of thiazole rings is 1. The minimum absolute atomic E-state index is 0.0160. The van der Waals surface area contributed by atoms with Crippen LogP contribution in [0.2, 0.25) is 4.47 Å². The highest BCUT2D eigenvalue weighted by atomic mass is 35.5. The molecule has 0 aliphatic carbocycles. The van der Waals surface area contributed by atoms with Gasteiger partial charge in [0.05, 0.1) is 25.5 Å². The zero-order chi connectivity index (χ0) is 13.9. The fraction of sp³-hybridized carbons (Fsp3) is 0.700. The number of piperidine rings is 1. The molecule has 1 N–H and O–H groups in total. The predicted octanol–water partition coefficient (Wildman–Crippen LogP) is 0.959. The Morgan fingerprint density at radius 3 is 2.74 bits per heavy atom. The molecule has 0 unspecified atom stereocenters. The SMILES string of the molecule is O=S(=O)(c1cnc(Cl)s1)N1CCC(OCCO)CC1. The molecule has 1 aromatic heterocycles. The lowest BCUT2D eigenvalue weighted by Gasteiger charge is -2.30. The molecule has 1 saturated heterocycles. The topological polar surface area (TPSA) is 79.7 Å². The molecule has 0 atom stereocenters. The van der Waals surface area contributed by atoms with E-state index < -0.39 is 10.0 Å². The molecule has 0 aromatic carbocycles. The summed E-state index contributed by atoms with van der Waals surface area (Å²) < 4.78 is 31.8. The minimum Gasteiger partial charge on any atom is -0.394 e. The first kappa shape index (κ1) is 15.1. The van der Waals surface area contributed by atoms with Crippen LogP contribution in [0.5, 0.6) is 0 Å².